The van der Waals surface area contributed by atoms with Gasteiger partial charge in [-0.1, -0.05) is 65.6 Å². The highest BCUT2D eigenvalue weighted by Crippen LogP contribution is 2.25. The summed E-state index contributed by atoms with van der Waals surface area (Å²) in [6.45, 7) is -0.146. The smallest absolute Gasteiger partial charge is 0.322 e. The van der Waals surface area contributed by atoms with E-state index in [1.54, 1.807) is 11.8 Å². The zero-order valence-corrected chi connectivity index (χ0v) is 12.2. The van der Waals surface area contributed by atoms with Crippen LogP contribution in [0.25, 0.3) is 6.08 Å². The van der Waals surface area contributed by atoms with Crippen LogP contribution >= 0.6 is 23.1 Å². The van der Waals surface area contributed by atoms with E-state index in [9.17, 15) is 4.79 Å². The maximum atomic E-state index is 10.4. The van der Waals surface area contributed by atoms with Gasteiger partial charge in [-0.25, -0.2) is 0 Å². The fraction of sp³-hybridized carbons (Fsp3) is 0.154. The molecule has 0 fully saturated rings. The lowest BCUT2D eigenvalue weighted by atomic mass is 10.2. The quantitative estimate of drug-likeness (QED) is 0.766. The van der Waals surface area contributed by atoms with Crippen molar-refractivity contribution in [2.24, 2.45) is 0 Å². The molecule has 0 amide bonds. The lowest BCUT2D eigenvalue weighted by Crippen LogP contribution is -2.11. The molecule has 1 aromatic heterocycles. The van der Waals surface area contributed by atoms with Gasteiger partial charge in [-0.3, -0.25) is 4.79 Å². The molecule has 2 N–H and O–H groups in total. The Labute approximate surface area is 124 Å². The van der Waals surface area contributed by atoms with Gasteiger partial charge in [0.25, 0.3) is 0 Å². The summed E-state index contributed by atoms with van der Waals surface area (Å²) in [5, 5.41) is 19.6. The average molecular weight is 307 g/mol. The van der Waals surface area contributed by atoms with Crippen molar-refractivity contribution in [1.82, 2.24) is 10.2 Å². The molecule has 1 heterocycles. The van der Waals surface area contributed by atoms with Crippen molar-refractivity contribution in [3.8, 4) is 0 Å². The van der Waals surface area contributed by atoms with Gasteiger partial charge in [0.2, 0.25) is 5.13 Å². The van der Waals surface area contributed by atoms with Gasteiger partial charge < -0.3 is 10.4 Å². The van der Waals surface area contributed by atoms with E-state index in [0.717, 1.165) is 15.7 Å². The first-order valence-corrected chi connectivity index (χ1v) is 7.68. The highest BCUT2D eigenvalue weighted by Gasteiger charge is 2.04. The van der Waals surface area contributed by atoms with Crippen molar-refractivity contribution in [2.75, 3.05) is 17.6 Å². The summed E-state index contributed by atoms with van der Waals surface area (Å²) in [4.78, 5) is 10.4. The Hall–Kier alpha value is -1.86. The molecule has 0 saturated heterocycles. The van der Waals surface area contributed by atoms with E-state index in [0.29, 0.717) is 5.13 Å². The molecule has 20 heavy (non-hydrogen) atoms. The molecule has 2 rings (SSSR count). The number of hydrogen-bond acceptors (Lipinski definition) is 6. The van der Waals surface area contributed by atoms with Crippen molar-refractivity contribution in [1.29, 1.82) is 0 Å². The SMILES string of the molecule is O=C(O)CNc1nnc(SC/C=C/c2ccccc2)s1. The predicted octanol–water partition coefficient (Wildman–Crippen LogP) is 2.84. The van der Waals surface area contributed by atoms with E-state index in [1.807, 2.05) is 30.3 Å². The Bertz CT molecular complexity index is 584. The van der Waals surface area contributed by atoms with Gasteiger partial charge >= 0.3 is 5.97 Å². The Morgan fingerprint density at radius 3 is 2.90 bits per heavy atom. The number of nitrogens with zero attached hydrogens (tertiary/aromatic N) is 2. The van der Waals surface area contributed by atoms with Crippen LogP contribution in [-0.4, -0.2) is 33.6 Å². The molecule has 0 atom stereocenters. The van der Waals surface area contributed by atoms with E-state index in [1.165, 1.54) is 11.3 Å². The molecule has 7 heteroatoms. The van der Waals surface area contributed by atoms with Gasteiger partial charge in [-0.15, -0.1) is 10.2 Å². The van der Waals surface area contributed by atoms with Gasteiger partial charge in [-0.2, -0.15) is 0 Å². The van der Waals surface area contributed by atoms with Crippen molar-refractivity contribution < 1.29 is 9.90 Å². The lowest BCUT2D eigenvalue weighted by Gasteiger charge is -1.94. The molecule has 0 radical (unpaired) electrons. The second kappa shape index (κ2) is 7.66. The van der Waals surface area contributed by atoms with Gasteiger partial charge in [0.1, 0.15) is 6.54 Å². The minimum atomic E-state index is -0.916. The van der Waals surface area contributed by atoms with Crippen LogP contribution in [-0.2, 0) is 4.79 Å². The van der Waals surface area contributed by atoms with Gasteiger partial charge in [-0.05, 0) is 5.56 Å². The number of nitrogens with one attached hydrogen (secondary N) is 1. The normalized spacial score (nSPS) is 10.8. The summed E-state index contributed by atoms with van der Waals surface area (Å²) in [6, 6.07) is 10.1. The molecule has 0 aliphatic heterocycles. The summed E-state index contributed by atoms with van der Waals surface area (Å²) in [7, 11) is 0. The van der Waals surface area contributed by atoms with Crippen molar-refractivity contribution in [3.63, 3.8) is 0 Å². The zero-order chi connectivity index (χ0) is 14.2. The summed E-state index contributed by atoms with van der Waals surface area (Å²) in [6.07, 6.45) is 4.11. The Morgan fingerprint density at radius 1 is 1.35 bits per heavy atom. The molecule has 104 valence electrons. The Morgan fingerprint density at radius 2 is 2.15 bits per heavy atom. The molecule has 5 nitrogen and oxygen atoms in total. The molecule has 0 aliphatic rings. The molecule has 2 aromatic rings. The number of carbonyl (C=O) groups is 1. The van der Waals surface area contributed by atoms with Crippen LogP contribution in [0.3, 0.4) is 0 Å². The predicted molar refractivity (Wildman–Crippen MR) is 82.2 cm³/mol. The molecule has 0 saturated carbocycles. The highest BCUT2D eigenvalue weighted by molar-refractivity contribution is 8.01. The number of rotatable bonds is 7. The van der Waals surface area contributed by atoms with Gasteiger partial charge in [0.05, 0.1) is 0 Å². The third-order valence-electron chi connectivity index (χ3n) is 2.21. The van der Waals surface area contributed by atoms with Crippen LogP contribution in [0.15, 0.2) is 40.7 Å². The van der Waals surface area contributed by atoms with E-state index in [4.69, 9.17) is 5.11 Å². The standard InChI is InChI=1S/C13H13N3O2S2/c17-11(18)9-14-12-15-16-13(20-12)19-8-4-7-10-5-2-1-3-6-10/h1-7H,8-9H2,(H,14,15)(H,17,18)/b7-4+. The topological polar surface area (TPSA) is 75.1 Å². The summed E-state index contributed by atoms with van der Waals surface area (Å²) < 4.78 is 0.815. The second-order valence-corrected chi connectivity index (χ2v) is 5.99. The lowest BCUT2D eigenvalue weighted by molar-refractivity contribution is -0.134. The fourth-order valence-corrected chi connectivity index (χ4v) is 2.94. The van der Waals surface area contributed by atoms with Gasteiger partial charge in [0, 0.05) is 5.75 Å². The molecule has 0 unspecified atom stereocenters. The minimum Gasteiger partial charge on any atom is -0.480 e. The fourth-order valence-electron chi connectivity index (χ4n) is 1.36. The van der Waals surface area contributed by atoms with E-state index in [-0.39, 0.29) is 6.54 Å². The van der Waals surface area contributed by atoms with Crippen LogP contribution in [0, 0.1) is 0 Å². The number of thioether (sulfide) groups is 1. The number of aromatic nitrogens is 2. The summed E-state index contributed by atoms with van der Waals surface area (Å²) >= 11 is 2.92. The molecular formula is C13H13N3O2S2. The first kappa shape index (κ1) is 14.5. The van der Waals surface area contributed by atoms with Crippen LogP contribution in [0.4, 0.5) is 5.13 Å². The van der Waals surface area contributed by atoms with Crippen LogP contribution < -0.4 is 5.32 Å². The van der Waals surface area contributed by atoms with Crippen LogP contribution in [0.1, 0.15) is 5.56 Å². The molecule has 1 aromatic carbocycles. The van der Waals surface area contributed by atoms with Crippen LogP contribution in [0.5, 0.6) is 0 Å². The van der Waals surface area contributed by atoms with E-state index >= 15 is 0 Å². The Balaban J connectivity index is 1.77. The minimum absolute atomic E-state index is 0.146. The van der Waals surface area contributed by atoms with Crippen molar-refractivity contribution >= 4 is 40.3 Å². The van der Waals surface area contributed by atoms with Crippen LogP contribution in [0.2, 0.25) is 0 Å². The Kier molecular flexibility index (Phi) is 5.57. The number of hydrogen-bond donors (Lipinski definition) is 2. The maximum Gasteiger partial charge on any atom is 0.322 e. The molecule has 0 bridgehead atoms. The highest BCUT2D eigenvalue weighted by atomic mass is 32.2. The van der Waals surface area contributed by atoms with Crippen molar-refractivity contribution in [2.45, 2.75) is 4.34 Å². The van der Waals surface area contributed by atoms with Crippen molar-refractivity contribution in [3.05, 3.63) is 42.0 Å². The summed E-state index contributed by atoms with van der Waals surface area (Å²) in [5.41, 5.74) is 1.16. The number of anilines is 1. The first-order valence-electron chi connectivity index (χ1n) is 5.87. The number of benzene rings is 1. The number of carboxylic acid groups (broad SMARTS) is 1. The molecular weight excluding hydrogens is 294 g/mol. The molecule has 0 aliphatic carbocycles. The maximum absolute atomic E-state index is 10.4. The molecule has 0 spiro atoms. The second-order valence-electron chi connectivity index (χ2n) is 3.74. The van der Waals surface area contributed by atoms with E-state index in [2.05, 4.69) is 27.7 Å². The summed E-state index contributed by atoms with van der Waals surface area (Å²) in [5.74, 6) is -0.122. The third-order valence-corrected chi connectivity index (χ3v) is 4.18. The average Bonchev–Trinajstić information content (AvgIpc) is 2.90. The number of carboxylic acids is 1. The zero-order valence-electron chi connectivity index (χ0n) is 10.5. The largest absolute Gasteiger partial charge is 0.480 e. The monoisotopic (exact) mass is 307 g/mol. The van der Waals surface area contributed by atoms with Gasteiger partial charge in [0.15, 0.2) is 4.34 Å². The first-order chi connectivity index (χ1) is 9.74. The number of aliphatic carboxylic acids is 1. The van der Waals surface area contributed by atoms with E-state index < -0.39 is 5.97 Å². The third kappa shape index (κ3) is 5.02.